The van der Waals surface area contributed by atoms with Crippen molar-refractivity contribution in [3.05, 3.63) is 96.3 Å². The van der Waals surface area contributed by atoms with Crippen molar-refractivity contribution in [2.75, 3.05) is 0 Å². The van der Waals surface area contributed by atoms with Gasteiger partial charge in [-0.1, -0.05) is 54.6 Å². The highest BCUT2D eigenvalue weighted by molar-refractivity contribution is 6.09. The SMILES string of the molecule is Cc1cc(C#N)c(-c2ccccc2-n2c3ccccc3c3ccccc32)cn1. The number of aromatic nitrogens is 2. The summed E-state index contributed by atoms with van der Waals surface area (Å²) >= 11 is 0. The first-order valence-corrected chi connectivity index (χ1v) is 9.22. The predicted octanol–water partition coefficient (Wildman–Crippen LogP) is 6.03. The van der Waals surface area contributed by atoms with Gasteiger partial charge in [-0.2, -0.15) is 5.26 Å². The number of para-hydroxylation sites is 3. The Morgan fingerprint density at radius 1 is 0.786 bits per heavy atom. The van der Waals surface area contributed by atoms with Crippen LogP contribution >= 0.6 is 0 Å². The lowest BCUT2D eigenvalue weighted by molar-refractivity contribution is 1.16. The second-order valence-corrected chi connectivity index (χ2v) is 6.87. The van der Waals surface area contributed by atoms with E-state index in [-0.39, 0.29) is 0 Å². The molecule has 3 heteroatoms. The summed E-state index contributed by atoms with van der Waals surface area (Å²) in [4.78, 5) is 4.45. The molecule has 0 radical (unpaired) electrons. The van der Waals surface area contributed by atoms with Crippen molar-refractivity contribution in [2.24, 2.45) is 0 Å². The number of nitriles is 1. The first kappa shape index (κ1) is 16.3. The molecule has 0 N–H and O–H groups in total. The van der Waals surface area contributed by atoms with Crippen LogP contribution in [0.5, 0.6) is 0 Å². The van der Waals surface area contributed by atoms with Gasteiger partial charge in [-0.3, -0.25) is 4.98 Å². The van der Waals surface area contributed by atoms with Gasteiger partial charge in [0.05, 0.1) is 28.4 Å². The number of aryl methyl sites for hydroxylation is 1. The average Bonchev–Trinajstić information content (AvgIpc) is 3.08. The molecule has 3 nitrogen and oxygen atoms in total. The van der Waals surface area contributed by atoms with E-state index < -0.39 is 0 Å². The summed E-state index contributed by atoms with van der Waals surface area (Å²) in [5.41, 5.74) is 6.67. The molecule has 0 spiro atoms. The van der Waals surface area contributed by atoms with Crippen molar-refractivity contribution in [3.8, 4) is 22.9 Å². The molecule has 28 heavy (non-hydrogen) atoms. The maximum absolute atomic E-state index is 9.68. The number of rotatable bonds is 2. The molecule has 0 aliphatic heterocycles. The monoisotopic (exact) mass is 359 g/mol. The van der Waals surface area contributed by atoms with Crippen LogP contribution in [0.3, 0.4) is 0 Å². The van der Waals surface area contributed by atoms with Crippen molar-refractivity contribution in [2.45, 2.75) is 6.92 Å². The Labute approximate surface area is 163 Å². The Morgan fingerprint density at radius 3 is 2.07 bits per heavy atom. The Balaban J connectivity index is 1.90. The lowest BCUT2D eigenvalue weighted by Crippen LogP contribution is -1.99. The fourth-order valence-electron chi connectivity index (χ4n) is 3.95. The van der Waals surface area contributed by atoms with Crippen molar-refractivity contribution in [1.82, 2.24) is 9.55 Å². The molecule has 0 fully saturated rings. The Hall–Kier alpha value is -3.90. The van der Waals surface area contributed by atoms with Crippen LogP contribution in [0.2, 0.25) is 0 Å². The fraction of sp³-hybridized carbons (Fsp3) is 0.0400. The van der Waals surface area contributed by atoms with E-state index >= 15 is 0 Å². The minimum atomic E-state index is 0.640. The first-order valence-electron chi connectivity index (χ1n) is 9.22. The van der Waals surface area contributed by atoms with Gasteiger partial charge in [0.15, 0.2) is 0 Å². The van der Waals surface area contributed by atoms with Crippen LogP contribution in [0.25, 0.3) is 38.6 Å². The van der Waals surface area contributed by atoms with Crippen molar-refractivity contribution >= 4 is 21.8 Å². The van der Waals surface area contributed by atoms with Crippen molar-refractivity contribution in [3.63, 3.8) is 0 Å². The molecule has 5 aromatic rings. The number of nitrogens with zero attached hydrogens (tertiary/aromatic N) is 3. The van der Waals surface area contributed by atoms with Crippen molar-refractivity contribution in [1.29, 1.82) is 5.26 Å². The summed E-state index contributed by atoms with van der Waals surface area (Å²) in [6, 6.07) is 29.3. The van der Waals surface area contributed by atoms with Crippen LogP contribution in [-0.4, -0.2) is 9.55 Å². The summed E-state index contributed by atoms with van der Waals surface area (Å²) in [5, 5.41) is 12.1. The molecule has 0 aliphatic carbocycles. The highest BCUT2D eigenvalue weighted by Gasteiger charge is 2.16. The van der Waals surface area contributed by atoms with Crippen LogP contribution in [0, 0.1) is 18.3 Å². The molecule has 3 aromatic carbocycles. The summed E-state index contributed by atoms with van der Waals surface area (Å²) in [6.07, 6.45) is 1.81. The molecule has 0 saturated carbocycles. The molecule has 132 valence electrons. The normalized spacial score (nSPS) is 11.0. The number of hydrogen-bond donors (Lipinski definition) is 0. The third-order valence-electron chi connectivity index (χ3n) is 5.18. The Bertz CT molecular complexity index is 1330. The minimum Gasteiger partial charge on any atom is -0.309 e. The zero-order chi connectivity index (χ0) is 19.1. The highest BCUT2D eigenvalue weighted by Crippen LogP contribution is 2.36. The molecule has 2 aromatic heterocycles. The van der Waals surface area contributed by atoms with Gasteiger partial charge >= 0.3 is 0 Å². The van der Waals surface area contributed by atoms with Crippen LogP contribution in [0.1, 0.15) is 11.3 Å². The molecule has 5 rings (SSSR count). The number of fused-ring (bicyclic) bond motifs is 3. The molecule has 2 heterocycles. The molecule has 0 bridgehead atoms. The second kappa shape index (κ2) is 6.37. The fourth-order valence-corrected chi connectivity index (χ4v) is 3.95. The minimum absolute atomic E-state index is 0.640. The van der Waals surface area contributed by atoms with Crippen LogP contribution in [-0.2, 0) is 0 Å². The summed E-state index contributed by atoms with van der Waals surface area (Å²) in [6.45, 7) is 1.91. The van der Waals surface area contributed by atoms with Gasteiger partial charge in [0.2, 0.25) is 0 Å². The van der Waals surface area contributed by atoms with E-state index in [2.05, 4.69) is 76.3 Å². The lowest BCUT2D eigenvalue weighted by Gasteiger charge is -2.14. The first-order chi connectivity index (χ1) is 13.8. The van der Waals surface area contributed by atoms with Crippen LogP contribution in [0.15, 0.2) is 85.1 Å². The summed E-state index contributed by atoms with van der Waals surface area (Å²) in [7, 11) is 0. The number of benzene rings is 3. The van der Waals surface area contributed by atoms with E-state index in [1.54, 1.807) is 6.20 Å². The maximum Gasteiger partial charge on any atom is 0.0999 e. The molecule has 0 amide bonds. The molecule has 0 saturated heterocycles. The molecule has 0 atom stereocenters. The molecule has 0 aliphatic rings. The van der Waals surface area contributed by atoms with Gasteiger partial charge < -0.3 is 4.57 Å². The smallest absolute Gasteiger partial charge is 0.0999 e. The molecular formula is C25H17N3. The van der Waals surface area contributed by atoms with E-state index in [0.29, 0.717) is 5.56 Å². The van der Waals surface area contributed by atoms with Gasteiger partial charge in [0.25, 0.3) is 0 Å². The predicted molar refractivity (Wildman–Crippen MR) is 113 cm³/mol. The van der Waals surface area contributed by atoms with E-state index in [9.17, 15) is 5.26 Å². The van der Waals surface area contributed by atoms with Gasteiger partial charge in [0, 0.05) is 33.8 Å². The van der Waals surface area contributed by atoms with Crippen molar-refractivity contribution < 1.29 is 0 Å². The van der Waals surface area contributed by atoms with Crippen LogP contribution in [0.4, 0.5) is 0 Å². The van der Waals surface area contributed by atoms with E-state index in [0.717, 1.165) is 33.5 Å². The topological polar surface area (TPSA) is 41.6 Å². The molecular weight excluding hydrogens is 342 g/mol. The standard InChI is InChI=1S/C25H17N3/c1-17-14-18(15-26)22(16-27-17)21-10-4-7-13-25(21)28-23-11-5-2-8-19(23)20-9-3-6-12-24(20)28/h2-14,16H,1H3. The van der Waals surface area contributed by atoms with Crippen LogP contribution < -0.4 is 0 Å². The second-order valence-electron chi connectivity index (χ2n) is 6.87. The van der Waals surface area contributed by atoms with Gasteiger partial charge in [-0.15, -0.1) is 0 Å². The summed E-state index contributed by atoms with van der Waals surface area (Å²) in [5.74, 6) is 0. The zero-order valence-electron chi connectivity index (χ0n) is 15.4. The maximum atomic E-state index is 9.68. The van der Waals surface area contributed by atoms with E-state index in [1.807, 2.05) is 25.1 Å². The van der Waals surface area contributed by atoms with Gasteiger partial charge in [0.1, 0.15) is 0 Å². The molecule has 0 unspecified atom stereocenters. The van der Waals surface area contributed by atoms with E-state index in [1.165, 1.54) is 10.8 Å². The quantitative estimate of drug-likeness (QED) is 0.386. The Kier molecular flexibility index (Phi) is 3.70. The zero-order valence-corrected chi connectivity index (χ0v) is 15.4. The lowest BCUT2D eigenvalue weighted by atomic mass is 10.00. The summed E-state index contributed by atoms with van der Waals surface area (Å²) < 4.78 is 2.28. The van der Waals surface area contributed by atoms with Gasteiger partial charge in [-0.05, 0) is 31.2 Å². The Morgan fingerprint density at radius 2 is 1.39 bits per heavy atom. The van der Waals surface area contributed by atoms with E-state index in [4.69, 9.17) is 0 Å². The van der Waals surface area contributed by atoms with Gasteiger partial charge in [-0.25, -0.2) is 0 Å². The average molecular weight is 359 g/mol. The number of hydrogen-bond acceptors (Lipinski definition) is 2. The highest BCUT2D eigenvalue weighted by atomic mass is 15.0. The third kappa shape index (κ3) is 2.39. The third-order valence-corrected chi connectivity index (χ3v) is 5.18. The number of pyridine rings is 1. The largest absolute Gasteiger partial charge is 0.309 e.